The third-order valence-corrected chi connectivity index (χ3v) is 6.70. The van der Waals surface area contributed by atoms with Crippen LogP contribution in [-0.4, -0.2) is 14.4 Å². The Morgan fingerprint density at radius 2 is 1.42 bits per heavy atom. The Balaban J connectivity index is 1.91. The molecular formula is C24H27ClN2O3S. The Hall–Kier alpha value is -2.57. The zero-order valence-corrected chi connectivity index (χ0v) is 19.9. The quantitative estimate of drug-likeness (QED) is 0.454. The summed E-state index contributed by atoms with van der Waals surface area (Å²) in [6.07, 6.45) is 0. The fourth-order valence-corrected chi connectivity index (χ4v) is 4.70. The highest BCUT2D eigenvalue weighted by Gasteiger charge is 2.21. The lowest BCUT2D eigenvalue weighted by Crippen LogP contribution is -2.35. The summed E-state index contributed by atoms with van der Waals surface area (Å²) in [5.74, 6) is 0.327. The molecule has 0 radical (unpaired) electrons. The lowest BCUT2D eigenvalue weighted by atomic mass is 9.90. The number of benzene rings is 3. The molecule has 0 aliphatic heterocycles. The Morgan fingerprint density at radius 1 is 0.871 bits per heavy atom. The molecule has 2 N–H and O–H groups in total. The molecular weight excluding hydrogens is 432 g/mol. The van der Waals surface area contributed by atoms with Gasteiger partial charge in [-0.1, -0.05) is 69.1 Å². The molecule has 0 spiro atoms. The van der Waals surface area contributed by atoms with Crippen LogP contribution in [0.4, 0.5) is 10.5 Å². The number of hydrogen-bond acceptors (Lipinski definition) is 3. The summed E-state index contributed by atoms with van der Waals surface area (Å²) < 4.78 is 27.8. The average Bonchev–Trinajstić information content (AvgIpc) is 2.67. The number of amides is 2. The summed E-state index contributed by atoms with van der Waals surface area (Å²) in [4.78, 5) is 12.7. The fourth-order valence-electron chi connectivity index (χ4n) is 3.58. The van der Waals surface area contributed by atoms with Crippen LogP contribution in [0.2, 0.25) is 5.02 Å². The molecule has 2 amide bonds. The monoisotopic (exact) mass is 458 g/mol. The van der Waals surface area contributed by atoms with E-state index in [2.05, 4.69) is 10.0 Å². The fraction of sp³-hybridized carbons (Fsp3) is 0.292. The first kappa shape index (κ1) is 23.1. The first-order chi connectivity index (χ1) is 14.5. The minimum absolute atomic E-state index is 0.00884. The second-order valence-electron chi connectivity index (χ2n) is 8.34. The summed E-state index contributed by atoms with van der Waals surface area (Å²) in [6, 6.07) is 13.1. The van der Waals surface area contributed by atoms with Crippen molar-refractivity contribution in [2.75, 3.05) is 5.32 Å². The van der Waals surface area contributed by atoms with Gasteiger partial charge in [0, 0.05) is 10.7 Å². The van der Waals surface area contributed by atoms with E-state index in [4.69, 9.17) is 11.6 Å². The normalized spacial score (nSPS) is 11.9. The summed E-state index contributed by atoms with van der Waals surface area (Å²) in [5.41, 5.74) is 3.70. The summed E-state index contributed by atoms with van der Waals surface area (Å²) in [7, 11) is -4.05. The maximum atomic E-state index is 12.8. The van der Waals surface area contributed by atoms with Crippen molar-refractivity contribution >= 4 is 44.1 Å². The third kappa shape index (κ3) is 5.20. The third-order valence-electron chi connectivity index (χ3n) is 5.14. The first-order valence-corrected chi connectivity index (χ1v) is 12.0. The molecule has 0 saturated heterocycles. The van der Waals surface area contributed by atoms with E-state index in [-0.39, 0.29) is 16.7 Å². The second kappa shape index (κ2) is 8.89. The topological polar surface area (TPSA) is 75.3 Å². The standard InChI is InChI=1S/C24H27ClN2O3S/c1-14(2)21-10-16(5)11-22(15(3)4)23(21)26-24(28)27-31(29,30)20-9-7-17-12-19(25)8-6-18(17)13-20/h6-15H,1-5H3,(H2,26,27,28). The molecule has 0 aromatic heterocycles. The number of fused-ring (bicyclic) bond motifs is 1. The zero-order valence-electron chi connectivity index (χ0n) is 18.3. The average molecular weight is 459 g/mol. The van der Waals surface area contributed by atoms with Crippen molar-refractivity contribution in [1.29, 1.82) is 0 Å². The van der Waals surface area contributed by atoms with Crippen LogP contribution in [0.5, 0.6) is 0 Å². The highest BCUT2D eigenvalue weighted by atomic mass is 35.5. The van der Waals surface area contributed by atoms with E-state index in [9.17, 15) is 13.2 Å². The largest absolute Gasteiger partial charge is 0.333 e. The van der Waals surface area contributed by atoms with E-state index in [0.717, 1.165) is 27.5 Å². The lowest BCUT2D eigenvalue weighted by Gasteiger charge is -2.21. The van der Waals surface area contributed by atoms with Crippen molar-refractivity contribution in [2.24, 2.45) is 0 Å². The Morgan fingerprint density at radius 3 is 2.00 bits per heavy atom. The summed E-state index contributed by atoms with van der Waals surface area (Å²) >= 11 is 5.99. The number of halogens is 1. The molecule has 5 nitrogen and oxygen atoms in total. The van der Waals surface area contributed by atoms with E-state index in [0.29, 0.717) is 10.7 Å². The maximum Gasteiger partial charge on any atom is 0.333 e. The number of hydrogen-bond donors (Lipinski definition) is 2. The van der Waals surface area contributed by atoms with Gasteiger partial charge >= 0.3 is 6.03 Å². The maximum absolute atomic E-state index is 12.8. The van der Waals surface area contributed by atoms with Gasteiger partial charge in [0.15, 0.2) is 0 Å². The van der Waals surface area contributed by atoms with Gasteiger partial charge in [-0.2, -0.15) is 0 Å². The van der Waals surface area contributed by atoms with Crippen LogP contribution in [0, 0.1) is 6.92 Å². The Bertz CT molecular complexity index is 1220. The molecule has 3 rings (SSSR count). The summed E-state index contributed by atoms with van der Waals surface area (Å²) in [5, 5.41) is 4.90. The number of urea groups is 1. The van der Waals surface area contributed by atoms with E-state index >= 15 is 0 Å². The van der Waals surface area contributed by atoms with Gasteiger partial charge in [-0.25, -0.2) is 17.9 Å². The van der Waals surface area contributed by atoms with Gasteiger partial charge < -0.3 is 5.32 Å². The number of nitrogens with one attached hydrogen (secondary N) is 2. The van der Waals surface area contributed by atoms with Crippen molar-refractivity contribution < 1.29 is 13.2 Å². The van der Waals surface area contributed by atoms with Crippen LogP contribution in [0.1, 0.15) is 56.2 Å². The van der Waals surface area contributed by atoms with Gasteiger partial charge in [0.2, 0.25) is 0 Å². The van der Waals surface area contributed by atoms with E-state index < -0.39 is 16.1 Å². The number of sulfonamides is 1. The molecule has 3 aromatic rings. The van der Waals surface area contributed by atoms with Crippen LogP contribution in [0.3, 0.4) is 0 Å². The SMILES string of the molecule is Cc1cc(C(C)C)c(NC(=O)NS(=O)(=O)c2ccc3cc(Cl)ccc3c2)c(C(C)C)c1. The highest BCUT2D eigenvalue weighted by molar-refractivity contribution is 7.90. The molecule has 0 bridgehead atoms. The van der Waals surface area contributed by atoms with Gasteiger partial charge in [-0.3, -0.25) is 0 Å². The predicted octanol–water partition coefficient (Wildman–Crippen LogP) is 6.56. The molecule has 0 atom stereocenters. The molecule has 0 fully saturated rings. The molecule has 0 heterocycles. The molecule has 164 valence electrons. The van der Waals surface area contributed by atoms with Crippen molar-refractivity contribution in [3.05, 3.63) is 70.2 Å². The highest BCUT2D eigenvalue weighted by Crippen LogP contribution is 2.34. The minimum atomic E-state index is -4.05. The summed E-state index contributed by atoms with van der Waals surface area (Å²) in [6.45, 7) is 10.2. The number of aryl methyl sites for hydroxylation is 1. The number of rotatable bonds is 5. The van der Waals surface area contributed by atoms with Gasteiger partial charge in [-0.15, -0.1) is 0 Å². The van der Waals surface area contributed by atoms with Crippen molar-refractivity contribution in [3.63, 3.8) is 0 Å². The van der Waals surface area contributed by atoms with Crippen LogP contribution in [-0.2, 0) is 10.0 Å². The van der Waals surface area contributed by atoms with Crippen LogP contribution >= 0.6 is 11.6 Å². The van der Waals surface area contributed by atoms with E-state index in [1.165, 1.54) is 12.1 Å². The molecule has 3 aromatic carbocycles. The zero-order chi connectivity index (χ0) is 22.9. The van der Waals surface area contributed by atoms with Gasteiger partial charge in [0.25, 0.3) is 10.0 Å². The number of carbonyl (C=O) groups excluding carboxylic acids is 1. The molecule has 31 heavy (non-hydrogen) atoms. The Kier molecular flexibility index (Phi) is 6.62. The van der Waals surface area contributed by atoms with E-state index in [1.54, 1.807) is 24.3 Å². The second-order valence-corrected chi connectivity index (χ2v) is 10.5. The van der Waals surface area contributed by atoms with Crippen LogP contribution in [0.25, 0.3) is 10.8 Å². The Labute approximate surface area is 188 Å². The van der Waals surface area contributed by atoms with Crippen molar-refractivity contribution in [3.8, 4) is 0 Å². The van der Waals surface area contributed by atoms with Crippen LogP contribution in [0.15, 0.2) is 53.4 Å². The van der Waals surface area contributed by atoms with Gasteiger partial charge in [-0.05, 0) is 64.9 Å². The predicted molar refractivity (Wildman–Crippen MR) is 128 cm³/mol. The van der Waals surface area contributed by atoms with Crippen molar-refractivity contribution in [1.82, 2.24) is 4.72 Å². The van der Waals surface area contributed by atoms with E-state index in [1.807, 2.05) is 46.8 Å². The van der Waals surface area contributed by atoms with Crippen LogP contribution < -0.4 is 10.0 Å². The molecule has 0 saturated carbocycles. The minimum Gasteiger partial charge on any atom is -0.307 e. The van der Waals surface area contributed by atoms with Gasteiger partial charge in [0.05, 0.1) is 4.90 Å². The number of anilines is 1. The molecule has 0 unspecified atom stereocenters. The molecule has 0 aliphatic carbocycles. The molecule has 7 heteroatoms. The van der Waals surface area contributed by atoms with Gasteiger partial charge in [0.1, 0.15) is 0 Å². The molecule has 0 aliphatic rings. The van der Waals surface area contributed by atoms with Crippen molar-refractivity contribution in [2.45, 2.75) is 51.3 Å². The first-order valence-electron chi connectivity index (χ1n) is 10.2. The lowest BCUT2D eigenvalue weighted by molar-refractivity contribution is 0.256. The smallest absolute Gasteiger partial charge is 0.307 e. The number of carbonyl (C=O) groups is 1.